The van der Waals surface area contributed by atoms with E-state index in [1.165, 1.54) is 20.9 Å². The van der Waals surface area contributed by atoms with Crippen molar-refractivity contribution >= 4 is 11.3 Å². The molecule has 0 bridgehead atoms. The van der Waals surface area contributed by atoms with Crippen LogP contribution in [0.1, 0.15) is 41.7 Å². The molecule has 1 N–H and O–H groups in total. The highest BCUT2D eigenvalue weighted by Gasteiger charge is 2.15. The maximum Gasteiger partial charge on any atom is 0.0303 e. The van der Waals surface area contributed by atoms with Gasteiger partial charge in [-0.3, -0.25) is 0 Å². The van der Waals surface area contributed by atoms with E-state index < -0.39 is 0 Å². The van der Waals surface area contributed by atoms with Crippen molar-refractivity contribution in [1.82, 2.24) is 5.32 Å². The number of aryl methyl sites for hydroxylation is 1. The Morgan fingerprint density at radius 1 is 1.05 bits per heavy atom. The molecule has 102 valence electrons. The number of hydrogen-bond donors (Lipinski definition) is 1. The van der Waals surface area contributed by atoms with E-state index in [4.69, 9.17) is 0 Å². The zero-order chi connectivity index (χ0) is 13.9. The summed E-state index contributed by atoms with van der Waals surface area (Å²) in [5.74, 6) is 0. The normalized spacial score (nSPS) is 11.8. The Hall–Kier alpha value is -1.12. The van der Waals surface area contributed by atoms with Crippen molar-refractivity contribution in [2.45, 2.75) is 46.2 Å². The SMILES string of the molecule is Cc1cccc(CNCc2ccc(C(C)(C)C)s2)c1. The Kier molecular flexibility index (Phi) is 4.43. The van der Waals surface area contributed by atoms with Crippen molar-refractivity contribution < 1.29 is 0 Å². The van der Waals surface area contributed by atoms with Crippen molar-refractivity contribution in [2.24, 2.45) is 0 Å². The molecular weight excluding hydrogens is 250 g/mol. The third kappa shape index (κ3) is 4.19. The maximum atomic E-state index is 3.52. The van der Waals surface area contributed by atoms with Gasteiger partial charge in [0.1, 0.15) is 0 Å². The lowest BCUT2D eigenvalue weighted by molar-refractivity contribution is 0.604. The smallest absolute Gasteiger partial charge is 0.0303 e. The third-order valence-electron chi connectivity index (χ3n) is 3.11. The van der Waals surface area contributed by atoms with E-state index in [0.717, 1.165) is 13.1 Å². The van der Waals surface area contributed by atoms with Gasteiger partial charge < -0.3 is 5.32 Å². The second-order valence-electron chi connectivity index (χ2n) is 6.11. The predicted octanol–water partition coefficient (Wildman–Crippen LogP) is 4.64. The van der Waals surface area contributed by atoms with Gasteiger partial charge in [-0.1, -0.05) is 50.6 Å². The fraction of sp³-hybridized carbons (Fsp3) is 0.412. The number of benzene rings is 1. The largest absolute Gasteiger partial charge is 0.308 e. The molecule has 1 aromatic carbocycles. The Morgan fingerprint density at radius 2 is 1.84 bits per heavy atom. The van der Waals surface area contributed by atoms with Gasteiger partial charge in [0.05, 0.1) is 0 Å². The van der Waals surface area contributed by atoms with Gasteiger partial charge in [0.15, 0.2) is 0 Å². The van der Waals surface area contributed by atoms with Gasteiger partial charge in [-0.25, -0.2) is 0 Å². The van der Waals surface area contributed by atoms with E-state index in [-0.39, 0.29) is 5.41 Å². The second-order valence-corrected chi connectivity index (χ2v) is 7.28. The monoisotopic (exact) mass is 273 g/mol. The van der Waals surface area contributed by atoms with Gasteiger partial charge in [-0.2, -0.15) is 0 Å². The van der Waals surface area contributed by atoms with Gasteiger partial charge >= 0.3 is 0 Å². The van der Waals surface area contributed by atoms with Crippen LogP contribution < -0.4 is 5.32 Å². The highest BCUT2D eigenvalue weighted by atomic mass is 32.1. The summed E-state index contributed by atoms with van der Waals surface area (Å²) >= 11 is 1.92. The average Bonchev–Trinajstić information content (AvgIpc) is 2.77. The Labute approximate surface area is 120 Å². The molecule has 0 aliphatic rings. The molecule has 0 radical (unpaired) electrons. The van der Waals surface area contributed by atoms with Crippen LogP contribution >= 0.6 is 11.3 Å². The molecule has 0 aliphatic carbocycles. The van der Waals surface area contributed by atoms with E-state index in [9.17, 15) is 0 Å². The summed E-state index contributed by atoms with van der Waals surface area (Å²) in [5, 5.41) is 3.52. The molecule has 0 saturated carbocycles. The molecule has 2 aromatic rings. The lowest BCUT2D eigenvalue weighted by atomic mass is 9.95. The number of rotatable bonds is 4. The summed E-state index contributed by atoms with van der Waals surface area (Å²) < 4.78 is 0. The predicted molar refractivity (Wildman–Crippen MR) is 84.7 cm³/mol. The molecule has 0 aliphatic heterocycles. The van der Waals surface area contributed by atoms with E-state index in [2.05, 4.69) is 69.4 Å². The Morgan fingerprint density at radius 3 is 2.47 bits per heavy atom. The highest BCUT2D eigenvalue weighted by Crippen LogP contribution is 2.29. The van der Waals surface area contributed by atoms with Crippen LogP contribution in [0.5, 0.6) is 0 Å². The Bertz CT molecular complexity index is 534. The van der Waals surface area contributed by atoms with Crippen LogP contribution in [0.4, 0.5) is 0 Å². The van der Waals surface area contributed by atoms with Crippen LogP contribution in [0.25, 0.3) is 0 Å². The summed E-state index contributed by atoms with van der Waals surface area (Å²) in [6.45, 7) is 10.8. The van der Waals surface area contributed by atoms with Crippen molar-refractivity contribution in [3.05, 3.63) is 57.3 Å². The topological polar surface area (TPSA) is 12.0 Å². The van der Waals surface area contributed by atoms with Crippen molar-refractivity contribution in [1.29, 1.82) is 0 Å². The minimum absolute atomic E-state index is 0.263. The van der Waals surface area contributed by atoms with Crippen LogP contribution in [-0.2, 0) is 18.5 Å². The summed E-state index contributed by atoms with van der Waals surface area (Å²) in [6.07, 6.45) is 0. The lowest BCUT2D eigenvalue weighted by Crippen LogP contribution is -2.11. The molecule has 1 nitrogen and oxygen atoms in total. The van der Waals surface area contributed by atoms with Crippen LogP contribution in [0.2, 0.25) is 0 Å². The third-order valence-corrected chi connectivity index (χ3v) is 4.62. The summed E-state index contributed by atoms with van der Waals surface area (Å²) in [5.41, 5.74) is 2.94. The summed E-state index contributed by atoms with van der Waals surface area (Å²) in [4.78, 5) is 2.87. The van der Waals surface area contributed by atoms with Gasteiger partial charge in [0.25, 0.3) is 0 Å². The quantitative estimate of drug-likeness (QED) is 0.855. The molecule has 2 heteroatoms. The van der Waals surface area contributed by atoms with Crippen LogP contribution in [-0.4, -0.2) is 0 Å². The first-order valence-corrected chi connectivity index (χ1v) is 7.62. The second kappa shape index (κ2) is 5.89. The van der Waals surface area contributed by atoms with Gasteiger partial charge in [0, 0.05) is 22.8 Å². The molecule has 0 saturated heterocycles. The van der Waals surface area contributed by atoms with E-state index in [1.807, 2.05) is 11.3 Å². The van der Waals surface area contributed by atoms with Crippen LogP contribution in [0, 0.1) is 6.92 Å². The first kappa shape index (κ1) is 14.3. The van der Waals surface area contributed by atoms with Crippen LogP contribution in [0.3, 0.4) is 0 Å². The number of nitrogens with one attached hydrogen (secondary N) is 1. The van der Waals surface area contributed by atoms with Gasteiger partial charge in [-0.15, -0.1) is 11.3 Å². The Balaban J connectivity index is 1.88. The number of thiophene rings is 1. The van der Waals surface area contributed by atoms with Gasteiger partial charge in [-0.05, 0) is 30.0 Å². The first-order chi connectivity index (χ1) is 8.95. The average molecular weight is 273 g/mol. The fourth-order valence-corrected chi connectivity index (χ4v) is 3.06. The number of hydrogen-bond acceptors (Lipinski definition) is 2. The maximum absolute atomic E-state index is 3.52. The van der Waals surface area contributed by atoms with Crippen molar-refractivity contribution in [3.8, 4) is 0 Å². The molecule has 0 amide bonds. The molecule has 0 fully saturated rings. The molecule has 0 atom stereocenters. The standard InChI is InChI=1S/C17H23NS/c1-13-6-5-7-14(10-13)11-18-12-15-8-9-16(19-15)17(2,3)4/h5-10,18H,11-12H2,1-4H3. The molecular formula is C17H23NS. The highest BCUT2D eigenvalue weighted by molar-refractivity contribution is 7.12. The fourth-order valence-electron chi connectivity index (χ4n) is 2.03. The van der Waals surface area contributed by atoms with Gasteiger partial charge in [0.2, 0.25) is 0 Å². The van der Waals surface area contributed by atoms with Crippen molar-refractivity contribution in [3.63, 3.8) is 0 Å². The first-order valence-electron chi connectivity index (χ1n) is 6.80. The minimum Gasteiger partial charge on any atom is -0.308 e. The summed E-state index contributed by atoms with van der Waals surface area (Å²) in [7, 11) is 0. The molecule has 0 spiro atoms. The lowest BCUT2D eigenvalue weighted by Gasteiger charge is -2.15. The molecule has 2 rings (SSSR count). The molecule has 0 unspecified atom stereocenters. The van der Waals surface area contributed by atoms with E-state index >= 15 is 0 Å². The zero-order valence-corrected chi connectivity index (χ0v) is 13.1. The minimum atomic E-state index is 0.263. The van der Waals surface area contributed by atoms with Crippen molar-refractivity contribution in [2.75, 3.05) is 0 Å². The zero-order valence-electron chi connectivity index (χ0n) is 12.3. The summed E-state index contributed by atoms with van der Waals surface area (Å²) in [6, 6.07) is 13.2. The molecule has 1 aromatic heterocycles. The van der Waals surface area contributed by atoms with E-state index in [0.29, 0.717) is 0 Å². The van der Waals surface area contributed by atoms with E-state index in [1.54, 1.807) is 0 Å². The van der Waals surface area contributed by atoms with Crippen LogP contribution in [0.15, 0.2) is 36.4 Å². The molecule has 1 heterocycles. The molecule has 19 heavy (non-hydrogen) atoms.